The van der Waals surface area contributed by atoms with E-state index in [2.05, 4.69) is 0 Å². The molecule has 0 heterocycles. The number of benzene rings is 2. The number of rotatable bonds is 9. The lowest BCUT2D eigenvalue weighted by Crippen LogP contribution is -2.39. The van der Waals surface area contributed by atoms with E-state index < -0.39 is 53.6 Å². The molecule has 11 heteroatoms. The van der Waals surface area contributed by atoms with Crippen LogP contribution in [0, 0.1) is 5.41 Å². The van der Waals surface area contributed by atoms with E-state index in [0.29, 0.717) is 16.5 Å². The molecule has 1 N–H and O–H groups in total. The maximum atomic E-state index is 13.9. The molecule has 0 spiro atoms. The summed E-state index contributed by atoms with van der Waals surface area (Å²) in [6.45, 7) is 0.330. The molecule has 0 bridgehead atoms. The molecule has 1 aliphatic rings. The first kappa shape index (κ1) is 29.0. The molecular formula is C26H23Cl2F6NO2. The number of Topliss-reactive ketones (excluding diaryl/α,β-unsaturated/α-hetero) is 1. The highest BCUT2D eigenvalue weighted by atomic mass is 35.5. The van der Waals surface area contributed by atoms with E-state index in [9.17, 15) is 35.9 Å². The summed E-state index contributed by atoms with van der Waals surface area (Å²) in [6, 6.07) is 8.32. The van der Waals surface area contributed by atoms with Crippen molar-refractivity contribution < 1.29 is 35.9 Å². The number of amides is 1. The predicted octanol–water partition coefficient (Wildman–Crippen LogP) is 8.25. The molecule has 0 aromatic heterocycles. The van der Waals surface area contributed by atoms with Crippen molar-refractivity contribution >= 4 is 41.0 Å². The van der Waals surface area contributed by atoms with Crippen molar-refractivity contribution in [2.24, 2.45) is 5.41 Å². The molecule has 3 nitrogen and oxygen atoms in total. The quantitative estimate of drug-likeness (QED) is 0.246. The van der Waals surface area contributed by atoms with Crippen LogP contribution < -0.4 is 5.32 Å². The van der Waals surface area contributed by atoms with Crippen molar-refractivity contribution in [3.8, 4) is 0 Å². The third-order valence-corrected chi connectivity index (χ3v) is 7.00. The molecule has 0 saturated heterocycles. The zero-order valence-electron chi connectivity index (χ0n) is 19.6. The van der Waals surface area contributed by atoms with Gasteiger partial charge in [-0.3, -0.25) is 9.59 Å². The highest BCUT2D eigenvalue weighted by Crippen LogP contribution is 2.50. The van der Waals surface area contributed by atoms with Gasteiger partial charge in [0.15, 0.2) is 5.78 Å². The lowest BCUT2D eigenvalue weighted by molar-refractivity contribution is -0.141. The first-order valence-electron chi connectivity index (χ1n) is 11.4. The van der Waals surface area contributed by atoms with Gasteiger partial charge in [-0.25, -0.2) is 0 Å². The van der Waals surface area contributed by atoms with Crippen LogP contribution in [0.5, 0.6) is 0 Å². The number of halogens is 8. The largest absolute Gasteiger partial charge is 0.417 e. The van der Waals surface area contributed by atoms with Crippen LogP contribution in [-0.4, -0.2) is 24.4 Å². The van der Waals surface area contributed by atoms with Gasteiger partial charge < -0.3 is 5.32 Å². The Morgan fingerprint density at radius 1 is 1.03 bits per heavy atom. The molecule has 200 valence electrons. The van der Waals surface area contributed by atoms with Gasteiger partial charge in [0.05, 0.1) is 21.0 Å². The van der Waals surface area contributed by atoms with E-state index in [0.717, 1.165) is 17.7 Å². The van der Waals surface area contributed by atoms with Crippen LogP contribution in [0.15, 0.2) is 42.5 Å². The molecule has 3 rings (SSSR count). The lowest BCUT2D eigenvalue weighted by atomic mass is 9.90. The summed E-state index contributed by atoms with van der Waals surface area (Å²) in [6.07, 6.45) is -6.00. The average Bonchev–Trinajstić information content (AvgIpc) is 3.59. The first-order chi connectivity index (χ1) is 17.1. The van der Waals surface area contributed by atoms with Crippen LogP contribution in [0.2, 0.25) is 10.0 Å². The van der Waals surface area contributed by atoms with E-state index in [1.807, 2.05) is 6.92 Å². The molecule has 1 amide bonds. The molecule has 1 unspecified atom stereocenters. The summed E-state index contributed by atoms with van der Waals surface area (Å²) in [4.78, 5) is 25.0. The van der Waals surface area contributed by atoms with Crippen LogP contribution in [0.3, 0.4) is 0 Å². The summed E-state index contributed by atoms with van der Waals surface area (Å²) < 4.78 is 78.8. The third kappa shape index (κ3) is 7.51. The van der Waals surface area contributed by atoms with Crippen molar-refractivity contribution in [2.45, 2.75) is 50.9 Å². The van der Waals surface area contributed by atoms with Crippen molar-refractivity contribution in [1.82, 2.24) is 5.32 Å². The SMILES string of the molecule is CCC(/C=C/c1ccc(C(=O)CC2(C(=O)NCC(F)(F)F)CC2)c(C(F)(F)F)c1)c1ccc(Cl)c(Cl)c1. The number of allylic oxidation sites excluding steroid dienone is 1. The predicted molar refractivity (Wildman–Crippen MR) is 130 cm³/mol. The van der Waals surface area contributed by atoms with Gasteiger partial charge >= 0.3 is 12.4 Å². The summed E-state index contributed by atoms with van der Waals surface area (Å²) in [5.74, 6) is -2.10. The first-order valence-corrected chi connectivity index (χ1v) is 12.1. The van der Waals surface area contributed by atoms with Gasteiger partial charge in [0.1, 0.15) is 6.54 Å². The standard InChI is InChI=1S/C26H23Cl2F6NO2/c1-2-16(17-6-8-20(27)21(28)12-17)5-3-15-4-7-18(19(11-15)26(32,33)34)22(36)13-24(9-10-24)23(37)35-14-25(29,30)31/h3-8,11-12,16H,2,9-10,13-14H2,1H3,(H,35,37)/b5-3+. The second-order valence-electron chi connectivity index (χ2n) is 9.03. The third-order valence-electron chi connectivity index (χ3n) is 6.27. The maximum Gasteiger partial charge on any atom is 0.417 e. The molecule has 2 aromatic carbocycles. The van der Waals surface area contributed by atoms with Gasteiger partial charge in [-0.15, -0.1) is 0 Å². The Morgan fingerprint density at radius 3 is 2.24 bits per heavy atom. The molecule has 0 aliphatic heterocycles. The molecule has 1 fully saturated rings. The van der Waals surface area contributed by atoms with Gasteiger partial charge in [-0.1, -0.05) is 60.5 Å². The Bertz CT molecular complexity index is 1200. The summed E-state index contributed by atoms with van der Waals surface area (Å²) in [5, 5.41) is 2.46. The summed E-state index contributed by atoms with van der Waals surface area (Å²) >= 11 is 12.0. The van der Waals surface area contributed by atoms with Crippen LogP contribution in [0.4, 0.5) is 26.3 Å². The minimum absolute atomic E-state index is 0.123. The molecule has 2 aromatic rings. The van der Waals surface area contributed by atoms with Crippen molar-refractivity contribution in [2.75, 3.05) is 6.54 Å². The zero-order chi connectivity index (χ0) is 27.6. The lowest BCUT2D eigenvalue weighted by Gasteiger charge is -2.18. The Labute approximate surface area is 219 Å². The second kappa shape index (κ2) is 11.1. The molecule has 37 heavy (non-hydrogen) atoms. The number of carbonyl (C=O) groups is 2. The number of hydrogen-bond donors (Lipinski definition) is 1. The van der Waals surface area contributed by atoms with Crippen molar-refractivity contribution in [3.63, 3.8) is 0 Å². The Hall–Kier alpha value is -2.52. The van der Waals surface area contributed by atoms with E-state index in [1.54, 1.807) is 29.6 Å². The molecule has 0 radical (unpaired) electrons. The molecule has 1 aliphatic carbocycles. The average molecular weight is 566 g/mol. The molecular weight excluding hydrogens is 543 g/mol. The van der Waals surface area contributed by atoms with Gasteiger partial charge in [0, 0.05) is 17.9 Å². The van der Waals surface area contributed by atoms with Gasteiger partial charge in [-0.05, 0) is 48.6 Å². The number of hydrogen-bond acceptors (Lipinski definition) is 2. The highest BCUT2D eigenvalue weighted by molar-refractivity contribution is 6.42. The normalized spacial score (nSPS) is 16.0. The van der Waals surface area contributed by atoms with E-state index in [-0.39, 0.29) is 24.3 Å². The van der Waals surface area contributed by atoms with Gasteiger partial charge in [0.25, 0.3) is 0 Å². The number of nitrogens with one attached hydrogen (secondary N) is 1. The maximum absolute atomic E-state index is 13.9. The topological polar surface area (TPSA) is 46.2 Å². The highest BCUT2D eigenvalue weighted by Gasteiger charge is 2.52. The fraction of sp³-hybridized carbons (Fsp3) is 0.385. The molecule has 1 atom stereocenters. The Morgan fingerprint density at radius 2 is 1.70 bits per heavy atom. The van der Waals surface area contributed by atoms with Crippen molar-refractivity contribution in [1.29, 1.82) is 0 Å². The summed E-state index contributed by atoms with van der Waals surface area (Å²) in [5.41, 5.74) is -2.19. The van der Waals surface area contributed by atoms with Crippen LogP contribution in [0.1, 0.15) is 65.6 Å². The van der Waals surface area contributed by atoms with E-state index >= 15 is 0 Å². The fourth-order valence-corrected chi connectivity index (χ4v) is 4.31. The van der Waals surface area contributed by atoms with E-state index in [4.69, 9.17) is 23.2 Å². The smallest absolute Gasteiger partial charge is 0.346 e. The van der Waals surface area contributed by atoms with Crippen LogP contribution >= 0.6 is 23.2 Å². The minimum atomic E-state index is -4.86. The van der Waals surface area contributed by atoms with Crippen LogP contribution in [0.25, 0.3) is 6.08 Å². The zero-order valence-corrected chi connectivity index (χ0v) is 21.1. The number of alkyl halides is 6. The summed E-state index contributed by atoms with van der Waals surface area (Å²) in [7, 11) is 0. The Kier molecular flexibility index (Phi) is 8.69. The molecule has 1 saturated carbocycles. The van der Waals surface area contributed by atoms with Gasteiger partial charge in [0.2, 0.25) is 5.91 Å². The monoisotopic (exact) mass is 565 g/mol. The van der Waals surface area contributed by atoms with Crippen LogP contribution in [-0.2, 0) is 11.0 Å². The second-order valence-corrected chi connectivity index (χ2v) is 9.84. The van der Waals surface area contributed by atoms with Gasteiger partial charge in [-0.2, -0.15) is 26.3 Å². The van der Waals surface area contributed by atoms with Crippen molar-refractivity contribution in [3.05, 3.63) is 74.8 Å². The number of carbonyl (C=O) groups excluding carboxylic acids is 2. The Balaban J connectivity index is 1.82. The van der Waals surface area contributed by atoms with E-state index in [1.165, 1.54) is 12.1 Å². The number of ketones is 1. The fourth-order valence-electron chi connectivity index (χ4n) is 4.00. The minimum Gasteiger partial charge on any atom is -0.346 e.